The van der Waals surface area contributed by atoms with Crippen molar-refractivity contribution in [3.8, 4) is 5.75 Å². The maximum Gasteiger partial charge on any atom is 0.243 e. The summed E-state index contributed by atoms with van der Waals surface area (Å²) in [6.45, 7) is 1.68. The minimum absolute atomic E-state index is 0.0130. The van der Waals surface area contributed by atoms with Gasteiger partial charge in [-0.1, -0.05) is 67.1 Å². The van der Waals surface area contributed by atoms with Gasteiger partial charge in [-0.15, -0.1) is 0 Å². The summed E-state index contributed by atoms with van der Waals surface area (Å²) in [4.78, 5) is 12.9. The van der Waals surface area contributed by atoms with Crippen molar-refractivity contribution in [2.75, 3.05) is 19.0 Å². The Bertz CT molecular complexity index is 1180. The number of nitrogens with one attached hydrogen (secondary N) is 1. The highest BCUT2D eigenvalue weighted by molar-refractivity contribution is 7.89. The Morgan fingerprint density at radius 1 is 1.03 bits per heavy atom. The Labute approximate surface area is 193 Å². The van der Waals surface area contributed by atoms with Gasteiger partial charge < -0.3 is 10.1 Å². The van der Waals surface area contributed by atoms with Gasteiger partial charge in [-0.05, 0) is 41.8 Å². The molecule has 0 heterocycles. The van der Waals surface area contributed by atoms with Crippen LogP contribution >= 0.6 is 11.6 Å². The molecule has 0 aromatic heterocycles. The number of rotatable bonds is 9. The van der Waals surface area contributed by atoms with E-state index < -0.39 is 15.9 Å². The molecule has 0 saturated carbocycles. The molecule has 3 rings (SSSR count). The van der Waals surface area contributed by atoms with E-state index in [0.717, 1.165) is 21.9 Å². The molecule has 0 aliphatic rings. The lowest BCUT2D eigenvalue weighted by Gasteiger charge is -2.22. The average molecular weight is 473 g/mol. The van der Waals surface area contributed by atoms with Crippen LogP contribution in [0.2, 0.25) is 5.02 Å². The Morgan fingerprint density at radius 2 is 1.72 bits per heavy atom. The van der Waals surface area contributed by atoms with Crippen LogP contribution in [0.25, 0.3) is 0 Å². The van der Waals surface area contributed by atoms with Crippen molar-refractivity contribution in [1.82, 2.24) is 4.31 Å². The molecular formula is C24H25ClN2O4S. The van der Waals surface area contributed by atoms with E-state index in [-0.39, 0.29) is 23.0 Å². The molecular weight excluding hydrogens is 448 g/mol. The largest absolute Gasteiger partial charge is 0.495 e. The number of nitrogens with zero attached hydrogens (tertiary/aromatic N) is 1. The van der Waals surface area contributed by atoms with Crippen molar-refractivity contribution in [2.45, 2.75) is 24.8 Å². The summed E-state index contributed by atoms with van der Waals surface area (Å²) in [5.41, 5.74) is 2.40. The van der Waals surface area contributed by atoms with Crippen LogP contribution in [0, 0.1) is 0 Å². The lowest BCUT2D eigenvalue weighted by molar-refractivity contribution is -0.116. The fourth-order valence-electron chi connectivity index (χ4n) is 3.27. The van der Waals surface area contributed by atoms with Gasteiger partial charge in [0.15, 0.2) is 0 Å². The molecule has 168 valence electrons. The SMILES string of the molecule is CCc1ccccc1NC(=O)CN(Cc1ccccc1)S(=O)(=O)c1ccc(OC)c(Cl)c1. The predicted octanol–water partition coefficient (Wildman–Crippen LogP) is 4.74. The molecule has 1 N–H and O–H groups in total. The van der Waals surface area contributed by atoms with Crippen molar-refractivity contribution in [1.29, 1.82) is 0 Å². The quantitative estimate of drug-likeness (QED) is 0.488. The number of amides is 1. The zero-order valence-corrected chi connectivity index (χ0v) is 19.5. The van der Waals surface area contributed by atoms with E-state index in [1.54, 1.807) is 6.07 Å². The second-order valence-corrected chi connectivity index (χ2v) is 9.46. The molecule has 32 heavy (non-hydrogen) atoms. The van der Waals surface area contributed by atoms with Gasteiger partial charge >= 0.3 is 0 Å². The van der Waals surface area contributed by atoms with E-state index in [1.165, 1.54) is 25.3 Å². The molecule has 0 spiro atoms. The minimum Gasteiger partial charge on any atom is -0.495 e. The van der Waals surface area contributed by atoms with Crippen molar-refractivity contribution in [3.63, 3.8) is 0 Å². The van der Waals surface area contributed by atoms with E-state index in [9.17, 15) is 13.2 Å². The second kappa shape index (κ2) is 10.6. The topological polar surface area (TPSA) is 75.7 Å². The Hall–Kier alpha value is -2.87. The van der Waals surface area contributed by atoms with Gasteiger partial charge in [0.25, 0.3) is 0 Å². The maximum absolute atomic E-state index is 13.4. The van der Waals surface area contributed by atoms with Gasteiger partial charge in [0.05, 0.1) is 23.6 Å². The number of hydrogen-bond donors (Lipinski definition) is 1. The Morgan fingerprint density at radius 3 is 2.38 bits per heavy atom. The first kappa shape index (κ1) is 23.8. The third-order valence-corrected chi connectivity index (χ3v) is 7.04. The Balaban J connectivity index is 1.91. The molecule has 0 fully saturated rings. The van der Waals surface area contributed by atoms with Crippen molar-refractivity contribution < 1.29 is 17.9 Å². The molecule has 3 aromatic rings. The predicted molar refractivity (Wildman–Crippen MR) is 126 cm³/mol. The summed E-state index contributed by atoms with van der Waals surface area (Å²) in [5, 5.41) is 3.02. The first-order valence-electron chi connectivity index (χ1n) is 10.1. The fraction of sp³-hybridized carbons (Fsp3) is 0.208. The van der Waals surface area contributed by atoms with E-state index in [2.05, 4.69) is 5.32 Å². The number of para-hydroxylation sites is 1. The van der Waals surface area contributed by atoms with Crippen LogP contribution in [0.3, 0.4) is 0 Å². The standard InChI is InChI=1S/C24H25ClN2O4S/c1-3-19-11-7-8-12-22(19)26-24(28)17-27(16-18-9-5-4-6-10-18)32(29,30)20-13-14-23(31-2)21(25)15-20/h4-15H,3,16-17H2,1-2H3,(H,26,28). The van der Waals surface area contributed by atoms with Gasteiger partial charge in [-0.2, -0.15) is 4.31 Å². The van der Waals surface area contributed by atoms with E-state index >= 15 is 0 Å². The molecule has 6 nitrogen and oxygen atoms in total. The number of aryl methyl sites for hydroxylation is 1. The molecule has 0 aliphatic carbocycles. The summed E-state index contributed by atoms with van der Waals surface area (Å²) in [7, 11) is -2.56. The van der Waals surface area contributed by atoms with Gasteiger partial charge in [0.1, 0.15) is 5.75 Å². The normalized spacial score (nSPS) is 11.4. The van der Waals surface area contributed by atoms with Crippen LogP contribution in [0.4, 0.5) is 5.69 Å². The van der Waals surface area contributed by atoms with Gasteiger partial charge in [-0.3, -0.25) is 4.79 Å². The van der Waals surface area contributed by atoms with E-state index in [1.807, 2.05) is 55.5 Å². The zero-order valence-electron chi connectivity index (χ0n) is 17.9. The van der Waals surface area contributed by atoms with Crippen LogP contribution < -0.4 is 10.1 Å². The summed E-state index contributed by atoms with van der Waals surface area (Å²) in [5.74, 6) is -0.0563. The molecule has 8 heteroatoms. The molecule has 0 bridgehead atoms. The van der Waals surface area contributed by atoms with Gasteiger partial charge in [0, 0.05) is 12.2 Å². The molecule has 0 saturated heterocycles. The summed E-state index contributed by atoms with van der Waals surface area (Å²) in [6.07, 6.45) is 0.743. The molecule has 3 aromatic carbocycles. The van der Waals surface area contributed by atoms with Crippen LogP contribution in [-0.2, 0) is 27.8 Å². The van der Waals surface area contributed by atoms with Crippen LogP contribution in [0.15, 0.2) is 77.7 Å². The monoisotopic (exact) mass is 472 g/mol. The number of benzene rings is 3. The molecule has 0 radical (unpaired) electrons. The Kier molecular flexibility index (Phi) is 7.90. The zero-order chi connectivity index (χ0) is 23.1. The number of hydrogen-bond acceptors (Lipinski definition) is 4. The number of sulfonamides is 1. The lowest BCUT2D eigenvalue weighted by atomic mass is 10.1. The van der Waals surface area contributed by atoms with Gasteiger partial charge in [0.2, 0.25) is 15.9 Å². The van der Waals surface area contributed by atoms with Crippen molar-refractivity contribution in [3.05, 3.63) is 88.9 Å². The third-order valence-electron chi connectivity index (χ3n) is 4.96. The van der Waals surface area contributed by atoms with Crippen LogP contribution in [0.1, 0.15) is 18.1 Å². The van der Waals surface area contributed by atoms with Crippen molar-refractivity contribution in [2.24, 2.45) is 0 Å². The minimum atomic E-state index is -4.02. The van der Waals surface area contributed by atoms with E-state index in [0.29, 0.717) is 11.4 Å². The first-order valence-corrected chi connectivity index (χ1v) is 11.9. The number of methoxy groups -OCH3 is 1. The highest BCUT2D eigenvalue weighted by atomic mass is 35.5. The number of anilines is 1. The molecule has 1 amide bonds. The van der Waals surface area contributed by atoms with Crippen LogP contribution in [-0.4, -0.2) is 32.3 Å². The van der Waals surface area contributed by atoms with E-state index in [4.69, 9.17) is 16.3 Å². The summed E-state index contributed by atoms with van der Waals surface area (Å²) >= 11 is 6.16. The average Bonchev–Trinajstić information content (AvgIpc) is 2.79. The fourth-order valence-corrected chi connectivity index (χ4v) is 5.00. The van der Waals surface area contributed by atoms with Crippen LogP contribution in [0.5, 0.6) is 5.75 Å². The number of carbonyl (C=O) groups excluding carboxylic acids is 1. The molecule has 0 unspecified atom stereocenters. The lowest BCUT2D eigenvalue weighted by Crippen LogP contribution is -2.37. The number of carbonyl (C=O) groups is 1. The smallest absolute Gasteiger partial charge is 0.243 e. The highest BCUT2D eigenvalue weighted by Gasteiger charge is 2.28. The second-order valence-electron chi connectivity index (χ2n) is 7.11. The number of halogens is 1. The maximum atomic E-state index is 13.4. The molecule has 0 aliphatic heterocycles. The summed E-state index contributed by atoms with van der Waals surface area (Å²) in [6, 6.07) is 20.8. The molecule has 0 atom stereocenters. The summed E-state index contributed by atoms with van der Waals surface area (Å²) < 4.78 is 33.2. The van der Waals surface area contributed by atoms with Gasteiger partial charge in [-0.25, -0.2) is 8.42 Å². The first-order chi connectivity index (χ1) is 15.3. The van der Waals surface area contributed by atoms with Crippen molar-refractivity contribution >= 4 is 33.2 Å². The number of ether oxygens (including phenoxy) is 1. The third kappa shape index (κ3) is 5.68. The highest BCUT2D eigenvalue weighted by Crippen LogP contribution is 2.29.